The molecular formula is C23H24N2O3S3. The Labute approximate surface area is 191 Å². The second kappa shape index (κ2) is 9.16. The van der Waals surface area contributed by atoms with Crippen LogP contribution in [0.15, 0.2) is 70.1 Å². The maximum atomic E-state index is 10.9. The molecule has 0 saturated carbocycles. The van der Waals surface area contributed by atoms with Crippen LogP contribution in [0.4, 0.5) is 5.69 Å². The average molecular weight is 473 g/mol. The van der Waals surface area contributed by atoms with Crippen molar-refractivity contribution >= 4 is 55.2 Å². The lowest BCUT2D eigenvalue weighted by Crippen LogP contribution is -2.28. The lowest BCUT2D eigenvalue weighted by Gasteiger charge is -2.21. The van der Waals surface area contributed by atoms with Crippen molar-refractivity contribution in [1.29, 1.82) is 0 Å². The van der Waals surface area contributed by atoms with Gasteiger partial charge in [0.05, 0.1) is 20.8 Å². The van der Waals surface area contributed by atoms with E-state index in [9.17, 15) is 13.0 Å². The van der Waals surface area contributed by atoms with Gasteiger partial charge in [-0.2, -0.15) is 4.57 Å². The molecule has 8 heteroatoms. The number of rotatable bonds is 7. The fraction of sp³-hybridized carbons (Fsp3) is 0.261. The predicted molar refractivity (Wildman–Crippen MR) is 128 cm³/mol. The van der Waals surface area contributed by atoms with Crippen LogP contribution in [-0.2, 0) is 17.2 Å². The standard InChI is InChI=1S/C23H24N2O3S3/c1-17(15-22-24(2)18-9-3-5-11-20(18)29-22)16-23-25(13-7-8-14-31(26,27)28)19-10-4-6-12-21(19)30-23/h3-6,9-12,15-16H,7-8,13-14H2,1-2H3. The summed E-state index contributed by atoms with van der Waals surface area (Å²) in [4.78, 5) is 3.41. The highest BCUT2D eigenvalue weighted by Crippen LogP contribution is 2.46. The number of fused-ring (bicyclic) bond motifs is 2. The van der Waals surface area contributed by atoms with Crippen LogP contribution >= 0.6 is 23.1 Å². The summed E-state index contributed by atoms with van der Waals surface area (Å²) in [6, 6.07) is 16.6. The SMILES string of the molecule is CC(/C=C1\Sc2ccccc2N1CCCCS(=O)(=O)[O-])=C\c1sc2ccccc2[n+]1C. The number of aromatic nitrogens is 1. The minimum atomic E-state index is -4.16. The molecule has 31 heavy (non-hydrogen) atoms. The van der Waals surface area contributed by atoms with Gasteiger partial charge in [0.15, 0.2) is 0 Å². The average Bonchev–Trinajstić information content (AvgIpc) is 3.22. The van der Waals surface area contributed by atoms with Gasteiger partial charge in [-0.15, -0.1) is 0 Å². The van der Waals surface area contributed by atoms with Crippen molar-refractivity contribution in [1.82, 2.24) is 0 Å². The second-order valence-corrected chi connectivity index (χ2v) is 11.2. The monoisotopic (exact) mass is 472 g/mol. The number of thiazole rings is 1. The summed E-state index contributed by atoms with van der Waals surface area (Å²) < 4.78 is 36.2. The maximum absolute atomic E-state index is 10.9. The van der Waals surface area contributed by atoms with Crippen LogP contribution in [-0.4, -0.2) is 25.3 Å². The number of aryl methyl sites for hydroxylation is 1. The highest BCUT2D eigenvalue weighted by Gasteiger charge is 2.24. The van der Waals surface area contributed by atoms with E-state index in [-0.39, 0.29) is 5.75 Å². The molecule has 0 fully saturated rings. The summed E-state index contributed by atoms with van der Waals surface area (Å²) in [5.74, 6) is -0.309. The third-order valence-corrected chi connectivity index (χ3v) is 8.20. The molecule has 1 aliphatic rings. The molecule has 5 nitrogen and oxygen atoms in total. The first-order valence-corrected chi connectivity index (χ1v) is 13.3. The third kappa shape index (κ3) is 5.20. The van der Waals surface area contributed by atoms with E-state index < -0.39 is 10.1 Å². The van der Waals surface area contributed by atoms with Crippen molar-refractivity contribution in [3.63, 3.8) is 0 Å². The van der Waals surface area contributed by atoms with Crippen LogP contribution in [0.25, 0.3) is 16.3 Å². The Morgan fingerprint density at radius 2 is 1.87 bits per heavy atom. The molecule has 1 aliphatic heterocycles. The minimum Gasteiger partial charge on any atom is -0.748 e. The van der Waals surface area contributed by atoms with Crippen LogP contribution in [0.2, 0.25) is 0 Å². The lowest BCUT2D eigenvalue weighted by molar-refractivity contribution is -0.642. The van der Waals surface area contributed by atoms with Gasteiger partial charge >= 0.3 is 0 Å². The molecule has 4 rings (SSSR count). The van der Waals surface area contributed by atoms with E-state index in [0.717, 1.165) is 16.3 Å². The van der Waals surface area contributed by atoms with E-state index in [1.54, 1.807) is 23.1 Å². The lowest BCUT2D eigenvalue weighted by atomic mass is 10.2. The van der Waals surface area contributed by atoms with Gasteiger partial charge in [-0.3, -0.25) is 0 Å². The summed E-state index contributed by atoms with van der Waals surface area (Å²) in [5.41, 5.74) is 3.49. The molecule has 162 valence electrons. The first kappa shape index (κ1) is 22.1. The van der Waals surface area contributed by atoms with E-state index in [2.05, 4.69) is 72.0 Å². The number of hydrogen-bond donors (Lipinski definition) is 0. The van der Waals surface area contributed by atoms with Gasteiger partial charge in [0.25, 0.3) is 5.01 Å². The molecule has 0 radical (unpaired) electrons. The smallest absolute Gasteiger partial charge is 0.262 e. The van der Waals surface area contributed by atoms with Gasteiger partial charge in [0, 0.05) is 29.3 Å². The number of benzene rings is 2. The van der Waals surface area contributed by atoms with Crippen LogP contribution in [0.1, 0.15) is 24.8 Å². The third-order valence-electron chi connectivity index (χ3n) is 5.14. The molecule has 0 atom stereocenters. The fourth-order valence-corrected chi connectivity index (χ4v) is 6.54. The topological polar surface area (TPSA) is 64.3 Å². The largest absolute Gasteiger partial charge is 0.748 e. The summed E-state index contributed by atoms with van der Waals surface area (Å²) >= 11 is 3.49. The molecule has 2 heterocycles. The molecule has 3 aromatic rings. The molecule has 0 saturated heterocycles. The van der Waals surface area contributed by atoms with E-state index in [0.29, 0.717) is 19.4 Å². The van der Waals surface area contributed by atoms with Crippen LogP contribution in [0.5, 0.6) is 0 Å². The van der Waals surface area contributed by atoms with Crippen LogP contribution in [0, 0.1) is 0 Å². The molecule has 1 aromatic heterocycles. The van der Waals surface area contributed by atoms with Crippen LogP contribution < -0.4 is 9.47 Å². The Bertz CT molecular complexity index is 1280. The van der Waals surface area contributed by atoms with Gasteiger partial charge < -0.3 is 9.45 Å². The number of nitrogens with zero attached hydrogens (tertiary/aromatic N) is 2. The maximum Gasteiger partial charge on any atom is 0.262 e. The zero-order valence-corrected chi connectivity index (χ0v) is 19.9. The zero-order valence-electron chi connectivity index (χ0n) is 17.4. The summed E-state index contributed by atoms with van der Waals surface area (Å²) in [6.07, 6.45) is 5.39. The molecular weight excluding hydrogens is 448 g/mol. The molecule has 0 bridgehead atoms. The molecule has 0 amide bonds. The van der Waals surface area contributed by atoms with Gasteiger partial charge in [0.1, 0.15) is 11.7 Å². The molecule has 0 spiro atoms. The predicted octanol–water partition coefficient (Wildman–Crippen LogP) is 4.91. The number of para-hydroxylation sites is 2. The summed E-state index contributed by atoms with van der Waals surface area (Å²) in [7, 11) is -2.08. The van der Waals surface area contributed by atoms with Crippen LogP contribution in [0.3, 0.4) is 0 Å². The zero-order chi connectivity index (χ0) is 22.0. The van der Waals surface area contributed by atoms with Crippen molar-refractivity contribution in [2.24, 2.45) is 7.05 Å². The van der Waals surface area contributed by atoms with Crippen molar-refractivity contribution < 1.29 is 17.5 Å². The van der Waals surface area contributed by atoms with E-state index in [1.807, 2.05) is 12.1 Å². The Kier molecular flexibility index (Phi) is 6.52. The Hall–Kier alpha value is -2.13. The summed E-state index contributed by atoms with van der Waals surface area (Å²) in [6.45, 7) is 2.78. The van der Waals surface area contributed by atoms with Crippen molar-refractivity contribution in [3.8, 4) is 0 Å². The second-order valence-electron chi connectivity index (χ2n) is 7.53. The van der Waals surface area contributed by atoms with E-state index in [1.165, 1.54) is 20.1 Å². The normalized spacial score (nSPS) is 15.8. The van der Waals surface area contributed by atoms with Crippen molar-refractivity contribution in [3.05, 3.63) is 70.2 Å². The van der Waals surface area contributed by atoms with Gasteiger partial charge in [-0.05, 0) is 49.6 Å². The van der Waals surface area contributed by atoms with Gasteiger partial charge in [-0.1, -0.05) is 47.4 Å². The molecule has 0 unspecified atom stereocenters. The first-order valence-electron chi connectivity index (χ1n) is 10.1. The van der Waals surface area contributed by atoms with Crippen molar-refractivity contribution in [2.45, 2.75) is 24.7 Å². The van der Waals surface area contributed by atoms with Gasteiger partial charge in [0.2, 0.25) is 5.52 Å². The highest BCUT2D eigenvalue weighted by atomic mass is 32.2. The highest BCUT2D eigenvalue weighted by molar-refractivity contribution is 8.03. The molecule has 2 aromatic carbocycles. The Balaban J connectivity index is 1.58. The number of allylic oxidation sites excluding steroid dienone is 2. The Morgan fingerprint density at radius 3 is 2.65 bits per heavy atom. The molecule has 0 aliphatic carbocycles. The summed E-state index contributed by atoms with van der Waals surface area (Å²) in [5, 5.41) is 2.30. The number of hydrogen-bond acceptors (Lipinski definition) is 6. The fourth-order valence-electron chi connectivity index (χ4n) is 3.62. The van der Waals surface area contributed by atoms with Crippen molar-refractivity contribution in [2.75, 3.05) is 17.2 Å². The first-order chi connectivity index (χ1) is 14.8. The molecule has 0 N–H and O–H groups in total. The van der Waals surface area contributed by atoms with E-state index in [4.69, 9.17) is 0 Å². The quantitative estimate of drug-likeness (QED) is 0.278. The van der Waals surface area contributed by atoms with E-state index >= 15 is 0 Å². The minimum absolute atomic E-state index is 0.309. The van der Waals surface area contributed by atoms with Gasteiger partial charge in [-0.25, -0.2) is 8.42 Å². The number of unbranched alkanes of at least 4 members (excludes halogenated alkanes) is 1. The number of anilines is 1. The number of thioether (sulfide) groups is 1. The Morgan fingerprint density at radius 1 is 1.13 bits per heavy atom.